The maximum absolute atomic E-state index is 13.6. The van der Waals surface area contributed by atoms with Gasteiger partial charge in [-0.15, -0.1) is 0 Å². The van der Waals surface area contributed by atoms with Crippen LogP contribution in [-0.2, 0) is 12.8 Å². The molecule has 0 saturated heterocycles. The molecule has 0 aliphatic rings. The average molecular weight is 481 g/mol. The number of carboxylic acids is 2. The molecule has 2 N–H and O–H groups in total. The fraction of sp³-hybridized carbons (Fsp3) is 0.100. The van der Waals surface area contributed by atoms with Crippen molar-refractivity contribution >= 4 is 17.7 Å². The van der Waals surface area contributed by atoms with Gasteiger partial charge < -0.3 is 14.9 Å². The van der Waals surface area contributed by atoms with Crippen LogP contribution in [-0.4, -0.2) is 27.9 Å². The molecular weight excluding hydrogens is 456 g/mol. The number of ether oxygens (including phenoxy) is 1. The second-order valence-corrected chi connectivity index (χ2v) is 8.38. The summed E-state index contributed by atoms with van der Waals surface area (Å²) in [5.74, 6) is -2.08. The predicted molar refractivity (Wildman–Crippen MR) is 135 cm³/mol. The van der Waals surface area contributed by atoms with Crippen LogP contribution in [0.3, 0.4) is 0 Å². The Kier molecular flexibility index (Phi) is 7.56. The lowest BCUT2D eigenvalue weighted by molar-refractivity contribution is 0.0651. The smallest absolute Gasteiger partial charge is 0.336 e. The summed E-state index contributed by atoms with van der Waals surface area (Å²) in [4.78, 5) is 36.6. The summed E-state index contributed by atoms with van der Waals surface area (Å²) >= 11 is 0. The number of benzene rings is 4. The third-order valence-corrected chi connectivity index (χ3v) is 5.84. The van der Waals surface area contributed by atoms with Crippen molar-refractivity contribution in [1.29, 1.82) is 0 Å². The number of Topliss-reactive ketones (excluding diaryl/α,β-unsaturated/α-hetero) is 1. The number of para-hydroxylation sites is 1. The number of ketones is 1. The summed E-state index contributed by atoms with van der Waals surface area (Å²) in [6.45, 7) is 0. The first-order chi connectivity index (χ1) is 17.4. The number of rotatable bonds is 10. The van der Waals surface area contributed by atoms with Crippen LogP contribution < -0.4 is 4.74 Å². The Morgan fingerprint density at radius 2 is 1.14 bits per heavy atom. The summed E-state index contributed by atoms with van der Waals surface area (Å²) in [6, 6.07) is 30.2. The molecule has 0 heterocycles. The van der Waals surface area contributed by atoms with Gasteiger partial charge in [-0.3, -0.25) is 4.79 Å². The van der Waals surface area contributed by atoms with Crippen LogP contribution in [0.5, 0.6) is 11.5 Å². The lowest BCUT2D eigenvalue weighted by Crippen LogP contribution is -2.21. The van der Waals surface area contributed by atoms with Crippen molar-refractivity contribution in [2.45, 2.75) is 12.8 Å². The molecule has 0 aromatic heterocycles. The zero-order valence-corrected chi connectivity index (χ0v) is 19.3. The first kappa shape index (κ1) is 24.4. The Labute approximate surface area is 208 Å². The standard InChI is InChI=1S/C30H24O6/c31-28(22-13-16-26(29(32)33)27(19-22)30(34)35)23(17-20-7-3-1-4-8-20)18-21-11-14-25(15-12-21)36-24-9-5-2-6-10-24/h1-16,19,23H,17-18H2,(H,32,33)(H,34,35). The van der Waals surface area contributed by atoms with E-state index in [0.29, 0.717) is 18.6 Å². The molecule has 180 valence electrons. The molecule has 1 unspecified atom stereocenters. The average Bonchev–Trinajstić information content (AvgIpc) is 2.89. The number of carbonyl (C=O) groups is 3. The van der Waals surface area contributed by atoms with Gasteiger partial charge in [0.1, 0.15) is 11.5 Å². The lowest BCUT2D eigenvalue weighted by Gasteiger charge is -2.17. The van der Waals surface area contributed by atoms with Crippen LogP contribution in [0.25, 0.3) is 0 Å². The van der Waals surface area contributed by atoms with E-state index in [1.165, 1.54) is 12.1 Å². The molecule has 0 amide bonds. The van der Waals surface area contributed by atoms with Gasteiger partial charge in [-0.2, -0.15) is 0 Å². The van der Waals surface area contributed by atoms with Crippen molar-refractivity contribution < 1.29 is 29.3 Å². The van der Waals surface area contributed by atoms with E-state index in [1.807, 2.05) is 84.9 Å². The first-order valence-corrected chi connectivity index (χ1v) is 11.4. The third-order valence-electron chi connectivity index (χ3n) is 5.84. The summed E-state index contributed by atoms with van der Waals surface area (Å²) in [5.41, 5.74) is 1.30. The normalized spacial score (nSPS) is 11.4. The van der Waals surface area contributed by atoms with Gasteiger partial charge in [-0.05, 0) is 60.4 Å². The quantitative estimate of drug-likeness (QED) is 0.264. The molecule has 4 aromatic rings. The highest BCUT2D eigenvalue weighted by molar-refractivity contribution is 6.05. The van der Waals surface area contributed by atoms with Crippen LogP contribution in [0.2, 0.25) is 0 Å². The highest BCUT2D eigenvalue weighted by Gasteiger charge is 2.24. The molecule has 6 heteroatoms. The third kappa shape index (κ3) is 6.04. The van der Waals surface area contributed by atoms with Gasteiger partial charge >= 0.3 is 11.9 Å². The Hall–Kier alpha value is -4.71. The van der Waals surface area contributed by atoms with Crippen LogP contribution in [0.4, 0.5) is 0 Å². The molecule has 6 nitrogen and oxygen atoms in total. The maximum atomic E-state index is 13.6. The molecule has 0 radical (unpaired) electrons. The van der Waals surface area contributed by atoms with Gasteiger partial charge in [-0.25, -0.2) is 9.59 Å². The lowest BCUT2D eigenvalue weighted by atomic mass is 9.85. The molecule has 0 aliphatic heterocycles. The van der Waals surface area contributed by atoms with E-state index in [4.69, 9.17) is 4.74 Å². The molecule has 0 saturated carbocycles. The van der Waals surface area contributed by atoms with E-state index in [2.05, 4.69) is 0 Å². The number of hydrogen-bond acceptors (Lipinski definition) is 4. The van der Waals surface area contributed by atoms with E-state index >= 15 is 0 Å². The van der Waals surface area contributed by atoms with Crippen molar-refractivity contribution in [2.75, 3.05) is 0 Å². The first-order valence-electron chi connectivity index (χ1n) is 11.4. The number of hydrogen-bond donors (Lipinski definition) is 2. The predicted octanol–water partition coefficient (Wildman–Crippen LogP) is 6.16. The Morgan fingerprint density at radius 3 is 1.72 bits per heavy atom. The van der Waals surface area contributed by atoms with Gasteiger partial charge in [-0.1, -0.05) is 66.7 Å². The molecule has 4 aromatic carbocycles. The molecular formula is C30H24O6. The molecule has 1 atom stereocenters. The summed E-state index contributed by atoms with van der Waals surface area (Å²) < 4.78 is 5.85. The van der Waals surface area contributed by atoms with Crippen LogP contribution in [0, 0.1) is 5.92 Å². The second-order valence-electron chi connectivity index (χ2n) is 8.38. The molecule has 0 spiro atoms. The molecule has 36 heavy (non-hydrogen) atoms. The summed E-state index contributed by atoms with van der Waals surface area (Å²) in [6.07, 6.45) is 0.869. The zero-order valence-electron chi connectivity index (χ0n) is 19.3. The molecule has 0 fully saturated rings. The van der Waals surface area contributed by atoms with Crippen molar-refractivity contribution in [2.24, 2.45) is 5.92 Å². The SMILES string of the molecule is O=C(O)c1ccc(C(=O)C(Cc2ccccc2)Cc2ccc(Oc3ccccc3)cc2)cc1C(=O)O. The van der Waals surface area contributed by atoms with Crippen molar-refractivity contribution in [3.63, 3.8) is 0 Å². The van der Waals surface area contributed by atoms with Gasteiger partial charge in [0.05, 0.1) is 11.1 Å². The Morgan fingerprint density at radius 1 is 0.611 bits per heavy atom. The minimum Gasteiger partial charge on any atom is -0.478 e. The van der Waals surface area contributed by atoms with Gasteiger partial charge in [0.15, 0.2) is 5.78 Å². The van der Waals surface area contributed by atoms with Crippen LogP contribution in [0.1, 0.15) is 42.2 Å². The summed E-state index contributed by atoms with van der Waals surface area (Å²) in [5, 5.41) is 18.8. The minimum atomic E-state index is -1.39. The van der Waals surface area contributed by atoms with E-state index < -0.39 is 23.4 Å². The second kappa shape index (κ2) is 11.1. The molecule has 0 aliphatic carbocycles. The van der Waals surface area contributed by atoms with E-state index in [-0.39, 0.29) is 16.9 Å². The van der Waals surface area contributed by atoms with E-state index in [0.717, 1.165) is 22.9 Å². The van der Waals surface area contributed by atoms with Crippen molar-refractivity contribution in [3.05, 3.63) is 131 Å². The fourth-order valence-electron chi connectivity index (χ4n) is 4.06. The zero-order chi connectivity index (χ0) is 25.5. The van der Waals surface area contributed by atoms with Crippen LogP contribution in [0.15, 0.2) is 103 Å². The highest BCUT2D eigenvalue weighted by Crippen LogP contribution is 2.25. The molecule has 4 rings (SSSR count). The van der Waals surface area contributed by atoms with Crippen molar-refractivity contribution in [1.82, 2.24) is 0 Å². The van der Waals surface area contributed by atoms with Gasteiger partial charge in [0.2, 0.25) is 0 Å². The highest BCUT2D eigenvalue weighted by atomic mass is 16.5. The summed E-state index contributed by atoms with van der Waals surface area (Å²) in [7, 11) is 0. The Bertz CT molecular complexity index is 1360. The number of carboxylic acid groups (broad SMARTS) is 2. The number of aromatic carboxylic acids is 2. The maximum Gasteiger partial charge on any atom is 0.336 e. The topological polar surface area (TPSA) is 101 Å². The Balaban J connectivity index is 1.60. The monoisotopic (exact) mass is 480 g/mol. The van der Waals surface area contributed by atoms with Gasteiger partial charge in [0, 0.05) is 11.5 Å². The van der Waals surface area contributed by atoms with Crippen LogP contribution >= 0.6 is 0 Å². The molecule has 0 bridgehead atoms. The largest absolute Gasteiger partial charge is 0.478 e. The fourth-order valence-corrected chi connectivity index (χ4v) is 4.06. The number of carbonyl (C=O) groups excluding carboxylic acids is 1. The van der Waals surface area contributed by atoms with E-state index in [9.17, 15) is 24.6 Å². The van der Waals surface area contributed by atoms with Gasteiger partial charge in [0.25, 0.3) is 0 Å². The van der Waals surface area contributed by atoms with Crippen molar-refractivity contribution in [3.8, 4) is 11.5 Å². The van der Waals surface area contributed by atoms with E-state index in [1.54, 1.807) is 0 Å². The minimum absolute atomic E-state index is 0.169.